The molecule has 0 unspecified atom stereocenters. The molecule has 0 saturated carbocycles. The lowest BCUT2D eigenvalue weighted by atomic mass is 10.2. The molecule has 3 rings (SSSR count). The van der Waals surface area contributed by atoms with E-state index >= 15 is 0 Å². The molecule has 2 aromatic carbocycles. The Morgan fingerprint density at radius 3 is 2.12 bits per heavy atom. The highest BCUT2D eigenvalue weighted by Gasteiger charge is 2.31. The minimum absolute atomic E-state index is 0.0317. The molecule has 0 aliphatic carbocycles. The van der Waals surface area contributed by atoms with Crippen LogP contribution >= 0.6 is 0 Å². The first-order valence-electron chi connectivity index (χ1n) is 9.97. The number of carbonyl (C=O) groups excluding carboxylic acids is 1. The number of carbonyl (C=O) groups is 1. The molecule has 2 aromatic rings. The van der Waals surface area contributed by atoms with E-state index in [1.54, 1.807) is 12.1 Å². The van der Waals surface area contributed by atoms with Crippen molar-refractivity contribution in [1.29, 1.82) is 0 Å². The van der Waals surface area contributed by atoms with Crippen LogP contribution in [0.25, 0.3) is 0 Å². The normalized spacial score (nSPS) is 14.0. The molecule has 0 aromatic heterocycles. The van der Waals surface area contributed by atoms with Crippen LogP contribution in [0.5, 0.6) is 11.5 Å². The van der Waals surface area contributed by atoms with Crippen LogP contribution in [0.4, 0.5) is 5.69 Å². The number of sulfonamides is 2. The first kappa shape index (κ1) is 25.0. The van der Waals surface area contributed by atoms with Gasteiger partial charge in [0.2, 0.25) is 26.0 Å². The summed E-state index contributed by atoms with van der Waals surface area (Å²) in [7, 11) is -0.479. The molecular formula is C21H27N3O7S2. The number of hydrogen-bond donors (Lipinski definition) is 0. The monoisotopic (exact) mass is 497 g/mol. The van der Waals surface area contributed by atoms with Gasteiger partial charge in [0.15, 0.2) is 11.5 Å². The molecule has 0 bridgehead atoms. The number of amides is 1. The molecule has 0 N–H and O–H groups in total. The summed E-state index contributed by atoms with van der Waals surface area (Å²) in [5.41, 5.74) is 1.30. The lowest BCUT2D eigenvalue weighted by molar-refractivity contribution is -0.118. The van der Waals surface area contributed by atoms with Crippen molar-refractivity contribution in [1.82, 2.24) is 8.61 Å². The van der Waals surface area contributed by atoms with Crippen molar-refractivity contribution in [3.63, 3.8) is 0 Å². The second kappa shape index (κ2) is 9.29. The number of benzene rings is 2. The van der Waals surface area contributed by atoms with Crippen LogP contribution in [-0.4, -0.2) is 79.8 Å². The van der Waals surface area contributed by atoms with E-state index in [9.17, 15) is 21.6 Å². The van der Waals surface area contributed by atoms with E-state index in [0.717, 1.165) is 14.2 Å². The quantitative estimate of drug-likeness (QED) is 0.538. The number of anilines is 1. The number of rotatable bonds is 8. The van der Waals surface area contributed by atoms with Gasteiger partial charge in [-0.2, -0.15) is 4.31 Å². The molecule has 1 aliphatic heterocycles. The molecule has 0 atom stereocenters. The third-order valence-electron chi connectivity index (χ3n) is 5.45. The molecule has 12 heteroatoms. The minimum Gasteiger partial charge on any atom is -0.493 e. The fraction of sp³-hybridized carbons (Fsp3) is 0.381. The van der Waals surface area contributed by atoms with E-state index in [2.05, 4.69) is 0 Å². The van der Waals surface area contributed by atoms with Crippen LogP contribution in [0.2, 0.25) is 0 Å². The maximum Gasteiger partial charge on any atom is 0.243 e. The molecule has 0 fully saturated rings. The van der Waals surface area contributed by atoms with Gasteiger partial charge in [-0.25, -0.2) is 21.1 Å². The molecule has 33 heavy (non-hydrogen) atoms. The number of hydrogen-bond acceptors (Lipinski definition) is 7. The van der Waals surface area contributed by atoms with Crippen molar-refractivity contribution in [3.05, 3.63) is 42.0 Å². The Hall–Kier alpha value is -2.67. The molecular weight excluding hydrogens is 470 g/mol. The second-order valence-electron chi connectivity index (χ2n) is 7.65. The van der Waals surface area contributed by atoms with Gasteiger partial charge in [0.1, 0.15) is 0 Å². The van der Waals surface area contributed by atoms with Crippen molar-refractivity contribution in [3.8, 4) is 11.5 Å². The first-order chi connectivity index (χ1) is 15.4. The van der Waals surface area contributed by atoms with E-state index in [1.165, 1.54) is 64.5 Å². The number of fused-ring (bicyclic) bond motifs is 1. The highest BCUT2D eigenvalue weighted by Crippen LogP contribution is 2.32. The van der Waals surface area contributed by atoms with Gasteiger partial charge >= 0.3 is 0 Å². The maximum atomic E-state index is 13.0. The van der Waals surface area contributed by atoms with Crippen molar-refractivity contribution >= 4 is 31.6 Å². The van der Waals surface area contributed by atoms with Crippen LogP contribution in [0.15, 0.2) is 46.2 Å². The van der Waals surface area contributed by atoms with Crippen molar-refractivity contribution in [2.45, 2.75) is 16.2 Å². The Morgan fingerprint density at radius 2 is 1.52 bits per heavy atom. The molecule has 0 spiro atoms. The average Bonchev–Trinajstić information content (AvgIpc) is 3.21. The number of likely N-dealkylation sites (N-methyl/N-ethyl adjacent to an activating group) is 1. The van der Waals surface area contributed by atoms with E-state index in [0.29, 0.717) is 24.4 Å². The van der Waals surface area contributed by atoms with Gasteiger partial charge in [-0.3, -0.25) is 4.79 Å². The number of methoxy groups -OCH3 is 2. The smallest absolute Gasteiger partial charge is 0.243 e. The van der Waals surface area contributed by atoms with Crippen LogP contribution in [0.1, 0.15) is 5.56 Å². The lowest BCUT2D eigenvalue weighted by Gasteiger charge is -2.22. The summed E-state index contributed by atoms with van der Waals surface area (Å²) in [4.78, 5) is 14.5. The zero-order valence-corrected chi connectivity index (χ0v) is 20.7. The molecule has 10 nitrogen and oxygen atoms in total. The third kappa shape index (κ3) is 4.69. The van der Waals surface area contributed by atoms with Gasteiger partial charge in [-0.1, -0.05) is 0 Å². The summed E-state index contributed by atoms with van der Waals surface area (Å²) in [5.74, 6) is 0.235. The highest BCUT2D eigenvalue weighted by molar-refractivity contribution is 7.89. The Bertz CT molecular complexity index is 1270. The van der Waals surface area contributed by atoms with E-state index in [1.807, 2.05) is 0 Å². The zero-order valence-electron chi connectivity index (χ0n) is 19.1. The fourth-order valence-electron chi connectivity index (χ4n) is 3.53. The predicted octanol–water partition coefficient (Wildman–Crippen LogP) is 1.16. The largest absolute Gasteiger partial charge is 0.493 e. The maximum absolute atomic E-state index is 13.0. The first-order valence-corrected chi connectivity index (χ1v) is 12.9. The molecule has 1 aliphatic rings. The zero-order chi connectivity index (χ0) is 24.6. The molecule has 1 heterocycles. The Balaban J connectivity index is 1.80. The van der Waals surface area contributed by atoms with Crippen molar-refractivity contribution in [2.24, 2.45) is 0 Å². The van der Waals surface area contributed by atoms with Gasteiger partial charge in [0, 0.05) is 39.4 Å². The van der Waals surface area contributed by atoms with E-state index in [-0.39, 0.29) is 22.1 Å². The topological polar surface area (TPSA) is 114 Å². The van der Waals surface area contributed by atoms with Crippen molar-refractivity contribution < 1.29 is 31.1 Å². The van der Waals surface area contributed by atoms with Gasteiger partial charge in [-0.05, 0) is 42.3 Å². The van der Waals surface area contributed by atoms with Crippen LogP contribution in [0, 0.1) is 0 Å². The van der Waals surface area contributed by atoms with Crippen LogP contribution in [-0.2, 0) is 31.3 Å². The van der Waals surface area contributed by atoms with Crippen LogP contribution < -0.4 is 14.4 Å². The van der Waals surface area contributed by atoms with Crippen LogP contribution in [0.3, 0.4) is 0 Å². The minimum atomic E-state index is -3.97. The van der Waals surface area contributed by atoms with Gasteiger partial charge in [0.05, 0.1) is 30.6 Å². The summed E-state index contributed by atoms with van der Waals surface area (Å²) in [6.45, 7) is -0.0439. The summed E-state index contributed by atoms with van der Waals surface area (Å²) in [6.07, 6.45) is 0.476. The average molecular weight is 498 g/mol. The van der Waals surface area contributed by atoms with Crippen molar-refractivity contribution in [2.75, 3.05) is 53.4 Å². The van der Waals surface area contributed by atoms with Gasteiger partial charge in [0.25, 0.3) is 0 Å². The highest BCUT2D eigenvalue weighted by atomic mass is 32.2. The standard InChI is InChI=1S/C21H27N3O7S2/c1-22(2)32(26,27)16-6-8-18-15(12-16)10-11-24(18)21(25)14-23(3)33(28,29)17-7-9-19(30-4)20(13-17)31-5/h6-9,12-13H,10-11,14H2,1-5H3. The second-order valence-corrected chi connectivity index (χ2v) is 11.8. The number of ether oxygens (including phenoxy) is 2. The van der Waals surface area contributed by atoms with E-state index in [4.69, 9.17) is 9.47 Å². The third-order valence-corrected chi connectivity index (χ3v) is 9.06. The van der Waals surface area contributed by atoms with Gasteiger partial charge < -0.3 is 14.4 Å². The fourth-order valence-corrected chi connectivity index (χ4v) is 5.62. The summed E-state index contributed by atoms with van der Waals surface area (Å²) >= 11 is 0. The Morgan fingerprint density at radius 1 is 0.909 bits per heavy atom. The Kier molecular flexibility index (Phi) is 7.03. The lowest BCUT2D eigenvalue weighted by Crippen LogP contribution is -2.40. The summed E-state index contributed by atoms with van der Waals surface area (Å²) in [5, 5.41) is 0. The molecule has 1 amide bonds. The molecule has 0 saturated heterocycles. The summed E-state index contributed by atoms with van der Waals surface area (Å²) < 4.78 is 63.2. The number of nitrogens with zero attached hydrogens (tertiary/aromatic N) is 3. The molecule has 180 valence electrons. The predicted molar refractivity (Wildman–Crippen MR) is 123 cm³/mol. The Labute approximate surface area is 194 Å². The van der Waals surface area contributed by atoms with E-state index < -0.39 is 26.0 Å². The summed E-state index contributed by atoms with van der Waals surface area (Å²) in [6, 6.07) is 8.80. The van der Waals surface area contributed by atoms with Gasteiger partial charge in [-0.15, -0.1) is 0 Å². The SMILES string of the molecule is COc1ccc(S(=O)(=O)N(C)CC(=O)N2CCc3cc(S(=O)(=O)N(C)C)ccc32)cc1OC. The molecule has 0 radical (unpaired) electrons.